The highest BCUT2D eigenvalue weighted by molar-refractivity contribution is 7.92. The molecule has 0 spiro atoms. The summed E-state index contributed by atoms with van der Waals surface area (Å²) in [6, 6.07) is 27.8. The van der Waals surface area contributed by atoms with Gasteiger partial charge in [0, 0.05) is 36.6 Å². The molecule has 6 rings (SSSR count). The highest BCUT2D eigenvalue weighted by Crippen LogP contribution is 2.37. The fraction of sp³-hybridized carbons (Fsp3) is 0.235. The Hall–Kier alpha value is -3.84. The van der Waals surface area contributed by atoms with Gasteiger partial charge < -0.3 is 14.4 Å². The molecule has 0 bridgehead atoms. The van der Waals surface area contributed by atoms with Crippen LogP contribution in [0.1, 0.15) is 33.2 Å². The quantitative estimate of drug-likeness (QED) is 0.196. The lowest BCUT2D eigenvalue weighted by molar-refractivity contribution is -0.119. The predicted molar refractivity (Wildman–Crippen MR) is 178 cm³/mol. The molecule has 1 fully saturated rings. The van der Waals surface area contributed by atoms with Crippen LogP contribution in [0.25, 0.3) is 11.1 Å². The third kappa shape index (κ3) is 7.25. The second-order valence-electron chi connectivity index (χ2n) is 11.0. The predicted octanol–water partition coefficient (Wildman–Crippen LogP) is 5.27. The number of ether oxygens (including phenoxy) is 1. The van der Waals surface area contributed by atoms with Crippen molar-refractivity contribution in [1.29, 1.82) is 0 Å². The Kier molecular flexibility index (Phi) is 9.98. The summed E-state index contributed by atoms with van der Waals surface area (Å²) in [5.41, 5.74) is 4.06. The number of carbonyl (C=O) groups is 1. The minimum atomic E-state index is -4.26. The summed E-state index contributed by atoms with van der Waals surface area (Å²) in [4.78, 5) is 21.0. The molecule has 238 valence electrons. The van der Waals surface area contributed by atoms with E-state index in [9.17, 15) is 18.3 Å². The normalized spacial score (nSPS) is 14.1. The lowest BCUT2D eigenvalue weighted by atomic mass is 9.91. The van der Waals surface area contributed by atoms with Crippen molar-refractivity contribution >= 4 is 38.9 Å². The summed E-state index contributed by atoms with van der Waals surface area (Å²) in [5, 5.41) is 9.92. The van der Waals surface area contributed by atoms with Crippen LogP contribution in [0.15, 0.2) is 102 Å². The van der Waals surface area contributed by atoms with Crippen LogP contribution in [0.5, 0.6) is 0 Å². The Labute approximate surface area is 277 Å². The topological polar surface area (TPSA) is 114 Å². The van der Waals surface area contributed by atoms with Crippen LogP contribution in [0.4, 0.5) is 0 Å². The van der Waals surface area contributed by atoms with Gasteiger partial charge in [-0.3, -0.25) is 9.69 Å². The van der Waals surface area contributed by atoms with Crippen molar-refractivity contribution < 1.29 is 23.1 Å². The van der Waals surface area contributed by atoms with Gasteiger partial charge in [-0.05, 0) is 28.3 Å². The molecule has 1 aliphatic heterocycles. The molecule has 2 N–H and O–H groups in total. The summed E-state index contributed by atoms with van der Waals surface area (Å²) in [7, 11) is -4.26. The Balaban J connectivity index is 1.32. The van der Waals surface area contributed by atoms with E-state index in [1.165, 1.54) is 11.3 Å². The molecule has 1 saturated heterocycles. The molecule has 0 atom stereocenters. The van der Waals surface area contributed by atoms with Gasteiger partial charge in [-0.2, -0.15) is 0 Å². The first-order valence-corrected chi connectivity index (χ1v) is 17.5. The molecule has 3 aromatic carbocycles. The van der Waals surface area contributed by atoms with Gasteiger partial charge in [-0.25, -0.2) is 18.1 Å². The highest BCUT2D eigenvalue weighted by Gasteiger charge is 2.31. The third-order valence-electron chi connectivity index (χ3n) is 7.90. The number of hydrogen-bond acceptors (Lipinski definition) is 8. The second kappa shape index (κ2) is 14.3. The molecule has 0 aliphatic carbocycles. The van der Waals surface area contributed by atoms with E-state index in [1.807, 2.05) is 91.0 Å². The van der Waals surface area contributed by atoms with E-state index < -0.39 is 21.8 Å². The van der Waals surface area contributed by atoms with Crippen molar-refractivity contribution in [2.24, 2.45) is 0 Å². The number of amides is 1. The third-order valence-corrected chi connectivity index (χ3v) is 11.2. The monoisotopic (exact) mass is 676 g/mol. The van der Waals surface area contributed by atoms with Crippen molar-refractivity contribution in [3.05, 3.63) is 130 Å². The summed E-state index contributed by atoms with van der Waals surface area (Å²) < 4.78 is 37.9. The number of nitrogens with zero attached hydrogens (tertiary/aromatic N) is 3. The van der Waals surface area contributed by atoms with Crippen molar-refractivity contribution in [1.82, 2.24) is 19.2 Å². The second-order valence-corrected chi connectivity index (χ2v) is 14.4. The van der Waals surface area contributed by atoms with E-state index in [1.54, 1.807) is 10.9 Å². The Bertz CT molecular complexity index is 1850. The van der Waals surface area contributed by atoms with Gasteiger partial charge in [0.05, 0.1) is 37.8 Å². The van der Waals surface area contributed by atoms with E-state index in [0.717, 1.165) is 23.5 Å². The lowest BCUT2D eigenvalue weighted by Crippen LogP contribution is -2.35. The largest absolute Gasteiger partial charge is 0.390 e. The lowest BCUT2D eigenvalue weighted by Gasteiger charge is -2.25. The first-order valence-electron chi connectivity index (χ1n) is 14.8. The van der Waals surface area contributed by atoms with Gasteiger partial charge in [0.15, 0.2) is 5.15 Å². The number of hydrogen-bond donors (Lipinski definition) is 2. The summed E-state index contributed by atoms with van der Waals surface area (Å²) >= 11 is 7.26. The molecular formula is C34H33ClN4O5S2. The molecule has 46 heavy (non-hydrogen) atoms. The minimum absolute atomic E-state index is 0.0840. The van der Waals surface area contributed by atoms with Crippen LogP contribution < -0.4 is 4.72 Å². The molecule has 0 radical (unpaired) electrons. The molecule has 3 heterocycles. The number of thiophene rings is 1. The van der Waals surface area contributed by atoms with Gasteiger partial charge >= 0.3 is 0 Å². The molecule has 0 saturated carbocycles. The smallest absolute Gasteiger partial charge is 0.274 e. The van der Waals surface area contributed by atoms with Crippen molar-refractivity contribution in [2.75, 3.05) is 26.3 Å². The summed E-state index contributed by atoms with van der Waals surface area (Å²) in [5.74, 6) is -1.44. The number of imidazole rings is 1. The number of benzene rings is 3. The van der Waals surface area contributed by atoms with Gasteiger partial charge in [-0.1, -0.05) is 96.5 Å². The zero-order valence-corrected chi connectivity index (χ0v) is 27.3. The number of nitrogens with one attached hydrogen (secondary N) is 1. The maximum Gasteiger partial charge on any atom is 0.274 e. The first kappa shape index (κ1) is 32.1. The summed E-state index contributed by atoms with van der Waals surface area (Å²) in [6.07, 6.45) is 1.57. The van der Waals surface area contributed by atoms with Crippen molar-refractivity contribution in [2.45, 2.75) is 29.8 Å². The van der Waals surface area contributed by atoms with Crippen molar-refractivity contribution in [3.63, 3.8) is 0 Å². The van der Waals surface area contributed by atoms with Crippen LogP contribution in [0, 0.1) is 0 Å². The van der Waals surface area contributed by atoms with Gasteiger partial charge in [-0.15, -0.1) is 11.3 Å². The molecule has 0 unspecified atom stereocenters. The minimum Gasteiger partial charge on any atom is -0.390 e. The zero-order chi connectivity index (χ0) is 32.1. The summed E-state index contributed by atoms with van der Waals surface area (Å²) in [6.45, 7) is 3.53. The molecule has 1 aliphatic rings. The first-order chi connectivity index (χ1) is 22.3. The van der Waals surface area contributed by atoms with Crippen LogP contribution in [-0.4, -0.2) is 60.2 Å². The molecule has 12 heteroatoms. The van der Waals surface area contributed by atoms with Crippen LogP contribution in [-0.2, 0) is 39.3 Å². The maximum absolute atomic E-state index is 14.1. The fourth-order valence-electron chi connectivity index (χ4n) is 5.57. The molecular weight excluding hydrogens is 644 g/mol. The highest BCUT2D eigenvalue weighted by atomic mass is 35.5. The van der Waals surface area contributed by atoms with Gasteiger partial charge in [0.25, 0.3) is 10.0 Å². The van der Waals surface area contributed by atoms with E-state index in [4.69, 9.17) is 16.3 Å². The zero-order valence-electron chi connectivity index (χ0n) is 24.9. The molecule has 1 amide bonds. The number of carbonyl (C=O) groups excluding carboxylic acids is 1. The molecule has 2 aromatic heterocycles. The molecule has 5 aromatic rings. The van der Waals surface area contributed by atoms with Crippen LogP contribution >= 0.6 is 22.9 Å². The van der Waals surface area contributed by atoms with E-state index >= 15 is 0 Å². The van der Waals surface area contributed by atoms with Crippen molar-refractivity contribution in [3.8, 4) is 11.1 Å². The SMILES string of the molecule is O=C(NS(=O)(=O)c1sc(CN2CCOCC2)cc1-c1ccc(Cn2cnc(Cl)c2CO)cc1)C(c1ccccc1)c1ccccc1. The number of rotatable bonds is 11. The van der Waals surface area contributed by atoms with E-state index in [2.05, 4.69) is 14.6 Å². The number of morpholine rings is 1. The standard InChI is InChI=1S/C34H33ClN4O5S2/c35-32-30(22-40)39(23-36-32)20-24-11-13-25(14-12-24)29-19-28(21-38-15-17-44-18-16-38)45-34(29)46(42,43)37-33(41)31(26-7-3-1-4-8-26)27-9-5-2-6-10-27/h1-14,19,23,31,40H,15-18,20-22H2,(H,37,41). The number of sulfonamides is 1. The number of aliphatic hydroxyl groups excluding tert-OH is 1. The Morgan fingerprint density at radius 3 is 2.20 bits per heavy atom. The van der Waals surface area contributed by atoms with Gasteiger partial charge in [0.1, 0.15) is 4.21 Å². The van der Waals surface area contributed by atoms with Crippen LogP contribution in [0.3, 0.4) is 0 Å². The van der Waals surface area contributed by atoms with Crippen LogP contribution in [0.2, 0.25) is 5.15 Å². The Morgan fingerprint density at radius 2 is 1.59 bits per heavy atom. The average molecular weight is 677 g/mol. The van der Waals surface area contributed by atoms with E-state index in [-0.39, 0.29) is 16.0 Å². The molecule has 9 nitrogen and oxygen atoms in total. The number of halogens is 1. The van der Waals surface area contributed by atoms with E-state index in [0.29, 0.717) is 54.3 Å². The maximum atomic E-state index is 14.1. The number of aromatic nitrogens is 2. The average Bonchev–Trinajstić information content (AvgIpc) is 3.66. The van der Waals surface area contributed by atoms with Gasteiger partial charge in [0.2, 0.25) is 5.91 Å². The Morgan fingerprint density at radius 1 is 0.957 bits per heavy atom. The fourth-order valence-corrected chi connectivity index (χ4v) is 8.55. The number of aliphatic hydroxyl groups is 1.